The molecular formula is C8H10IO4-. The van der Waals surface area contributed by atoms with Crippen LogP contribution >= 0.6 is 22.6 Å². The van der Waals surface area contributed by atoms with E-state index < -0.39 is 17.5 Å². The summed E-state index contributed by atoms with van der Waals surface area (Å²) in [7, 11) is 0. The second-order valence-corrected chi connectivity index (χ2v) is 3.86. The van der Waals surface area contributed by atoms with Gasteiger partial charge in [-0.15, -0.1) is 0 Å². The zero-order chi connectivity index (χ0) is 9.90. The van der Waals surface area contributed by atoms with Gasteiger partial charge in [-0.3, -0.25) is 4.79 Å². The number of ether oxygens (including phenoxy) is 1. The van der Waals surface area contributed by atoms with Crippen LogP contribution in [0.1, 0.15) is 25.7 Å². The molecule has 0 aromatic heterocycles. The van der Waals surface area contributed by atoms with Crippen molar-refractivity contribution < 1.29 is 19.4 Å². The van der Waals surface area contributed by atoms with E-state index >= 15 is 0 Å². The quantitative estimate of drug-likeness (QED) is 0.419. The molecule has 0 unspecified atom stereocenters. The predicted molar refractivity (Wildman–Crippen MR) is 51.2 cm³/mol. The summed E-state index contributed by atoms with van der Waals surface area (Å²) in [5, 5.41) is 10.8. The van der Waals surface area contributed by atoms with Gasteiger partial charge in [0.2, 0.25) is 0 Å². The molecule has 0 N–H and O–H groups in total. The first kappa shape index (κ1) is 10.7. The van der Waals surface area contributed by atoms with E-state index in [1.165, 1.54) is 0 Å². The molecule has 0 radical (unpaired) electrons. The molecule has 0 bridgehead atoms. The molecule has 1 rings (SSSR count). The zero-order valence-corrected chi connectivity index (χ0v) is 9.20. The Morgan fingerprint density at radius 2 is 1.92 bits per heavy atom. The number of carbonyl (C=O) groups excluding carboxylic acids is 2. The molecule has 0 spiro atoms. The van der Waals surface area contributed by atoms with Gasteiger partial charge in [0.1, 0.15) is 0 Å². The zero-order valence-electron chi connectivity index (χ0n) is 7.05. The van der Waals surface area contributed by atoms with Gasteiger partial charge in [0.05, 0.1) is 10.4 Å². The van der Waals surface area contributed by atoms with Crippen molar-refractivity contribution in [1.29, 1.82) is 0 Å². The lowest BCUT2D eigenvalue weighted by Gasteiger charge is -2.29. The van der Waals surface area contributed by atoms with Crippen molar-refractivity contribution in [3.8, 4) is 0 Å². The van der Waals surface area contributed by atoms with E-state index in [1.54, 1.807) is 0 Å². The number of rotatable bonds is 3. The summed E-state index contributed by atoms with van der Waals surface area (Å²) in [5.41, 5.74) is -1.33. The van der Waals surface area contributed by atoms with Crippen LogP contribution < -0.4 is 5.11 Å². The van der Waals surface area contributed by atoms with Crippen molar-refractivity contribution in [3.63, 3.8) is 0 Å². The van der Waals surface area contributed by atoms with Crippen LogP contribution in [0.15, 0.2) is 0 Å². The minimum atomic E-state index is -1.33. The maximum absolute atomic E-state index is 11.0. The first-order chi connectivity index (χ1) is 6.10. The second kappa shape index (κ2) is 4.26. The molecule has 0 aromatic carbocycles. The van der Waals surface area contributed by atoms with Gasteiger partial charge in [0.25, 0.3) is 0 Å². The maximum Gasteiger partial charge on any atom is 0.316 e. The summed E-state index contributed by atoms with van der Waals surface area (Å²) >= 11 is 1.84. The Hall–Kier alpha value is -0.330. The third-order valence-corrected chi connectivity index (χ3v) is 2.82. The fraction of sp³-hybridized carbons (Fsp3) is 0.750. The molecule has 1 fully saturated rings. The first-order valence-electron chi connectivity index (χ1n) is 4.10. The van der Waals surface area contributed by atoms with E-state index in [2.05, 4.69) is 0 Å². The van der Waals surface area contributed by atoms with Crippen LogP contribution in [0.4, 0.5) is 0 Å². The van der Waals surface area contributed by atoms with Crippen LogP contribution in [0.3, 0.4) is 0 Å². The van der Waals surface area contributed by atoms with Crippen LogP contribution in [-0.4, -0.2) is 22.0 Å². The van der Waals surface area contributed by atoms with Crippen LogP contribution in [0.25, 0.3) is 0 Å². The Kier molecular flexibility index (Phi) is 3.52. The van der Waals surface area contributed by atoms with Gasteiger partial charge in [-0.1, -0.05) is 22.6 Å². The lowest BCUT2D eigenvalue weighted by atomic mass is 10.0. The number of carboxylic acids is 1. The van der Waals surface area contributed by atoms with E-state index in [-0.39, 0.29) is 4.43 Å². The SMILES string of the molecule is O=C(CI)OC1(C(=O)[O-])CCCC1. The third kappa shape index (κ3) is 2.32. The number of halogens is 1. The van der Waals surface area contributed by atoms with Crippen LogP contribution in [0, 0.1) is 0 Å². The van der Waals surface area contributed by atoms with Gasteiger partial charge in [0, 0.05) is 0 Å². The lowest BCUT2D eigenvalue weighted by Crippen LogP contribution is -2.49. The summed E-state index contributed by atoms with van der Waals surface area (Å²) in [6.07, 6.45) is 2.33. The molecule has 4 nitrogen and oxygen atoms in total. The number of carboxylic acid groups (broad SMARTS) is 1. The molecule has 1 aliphatic carbocycles. The first-order valence-corrected chi connectivity index (χ1v) is 5.62. The van der Waals surface area contributed by atoms with Gasteiger partial charge in [-0.2, -0.15) is 0 Å². The molecule has 0 aromatic rings. The van der Waals surface area contributed by atoms with Gasteiger partial charge in [-0.25, -0.2) is 0 Å². The highest BCUT2D eigenvalue weighted by Crippen LogP contribution is 2.32. The van der Waals surface area contributed by atoms with Crippen molar-refractivity contribution in [1.82, 2.24) is 0 Å². The van der Waals surface area contributed by atoms with Crippen LogP contribution in [0.2, 0.25) is 0 Å². The van der Waals surface area contributed by atoms with Gasteiger partial charge >= 0.3 is 5.97 Å². The molecule has 5 heteroatoms. The van der Waals surface area contributed by atoms with Crippen molar-refractivity contribution in [2.24, 2.45) is 0 Å². The number of hydrogen-bond acceptors (Lipinski definition) is 4. The third-order valence-electron chi connectivity index (χ3n) is 2.20. The van der Waals surface area contributed by atoms with Gasteiger partial charge < -0.3 is 14.6 Å². The number of hydrogen-bond donors (Lipinski definition) is 0. The van der Waals surface area contributed by atoms with Crippen LogP contribution in [-0.2, 0) is 14.3 Å². The molecule has 13 heavy (non-hydrogen) atoms. The van der Waals surface area contributed by atoms with E-state index in [0.29, 0.717) is 12.8 Å². The Labute approximate surface area is 89.8 Å². The molecule has 1 saturated carbocycles. The highest BCUT2D eigenvalue weighted by molar-refractivity contribution is 14.1. The van der Waals surface area contributed by atoms with E-state index in [9.17, 15) is 14.7 Å². The highest BCUT2D eigenvalue weighted by Gasteiger charge is 2.38. The van der Waals surface area contributed by atoms with Gasteiger partial charge in [-0.05, 0) is 25.7 Å². The molecule has 0 saturated heterocycles. The molecular weight excluding hydrogens is 287 g/mol. The average molecular weight is 297 g/mol. The fourth-order valence-corrected chi connectivity index (χ4v) is 1.69. The highest BCUT2D eigenvalue weighted by atomic mass is 127. The summed E-state index contributed by atoms with van der Waals surface area (Å²) in [6.45, 7) is 0. The molecule has 0 atom stereocenters. The molecule has 0 amide bonds. The van der Waals surface area contributed by atoms with Crippen molar-refractivity contribution in [3.05, 3.63) is 0 Å². The largest absolute Gasteiger partial charge is 0.546 e. The van der Waals surface area contributed by atoms with Crippen LogP contribution in [0.5, 0.6) is 0 Å². The smallest absolute Gasteiger partial charge is 0.316 e. The van der Waals surface area contributed by atoms with E-state index in [1.807, 2.05) is 22.6 Å². The standard InChI is InChI=1S/C8H11IO4/c9-5-6(10)13-8(7(11)12)3-1-2-4-8/h1-5H2,(H,11,12)/p-1. The fourth-order valence-electron chi connectivity index (χ4n) is 1.54. The second-order valence-electron chi connectivity index (χ2n) is 3.10. The minimum absolute atomic E-state index is 0.173. The molecule has 0 aliphatic heterocycles. The van der Waals surface area contributed by atoms with Crippen molar-refractivity contribution in [2.45, 2.75) is 31.3 Å². The number of alkyl halides is 1. The number of esters is 1. The molecule has 0 heterocycles. The van der Waals surface area contributed by atoms with Crippen molar-refractivity contribution in [2.75, 3.05) is 4.43 Å². The van der Waals surface area contributed by atoms with Crippen molar-refractivity contribution >= 4 is 34.5 Å². The minimum Gasteiger partial charge on any atom is -0.546 e. The monoisotopic (exact) mass is 297 g/mol. The topological polar surface area (TPSA) is 66.4 Å². The average Bonchev–Trinajstić information content (AvgIpc) is 2.54. The Morgan fingerprint density at radius 1 is 1.38 bits per heavy atom. The Bertz CT molecular complexity index is 220. The summed E-state index contributed by atoms with van der Waals surface area (Å²) in [4.78, 5) is 21.7. The summed E-state index contributed by atoms with van der Waals surface area (Å²) in [5.74, 6) is -1.74. The lowest BCUT2D eigenvalue weighted by molar-refractivity contribution is -0.325. The Balaban J connectivity index is 2.68. The molecule has 1 aliphatic rings. The normalized spacial score (nSPS) is 19.8. The summed E-state index contributed by atoms with van der Waals surface area (Å²) < 4.78 is 5.07. The number of aliphatic carboxylic acids is 1. The maximum atomic E-state index is 11.0. The summed E-state index contributed by atoms with van der Waals surface area (Å²) in [6, 6.07) is 0. The Morgan fingerprint density at radius 3 is 2.31 bits per heavy atom. The molecule has 74 valence electrons. The van der Waals surface area contributed by atoms with Gasteiger partial charge in [0.15, 0.2) is 5.60 Å². The predicted octanol–water partition coefficient (Wildman–Crippen LogP) is 0.0273. The van der Waals surface area contributed by atoms with E-state index in [4.69, 9.17) is 4.74 Å². The number of carbonyl (C=O) groups is 2. The van der Waals surface area contributed by atoms with E-state index in [0.717, 1.165) is 12.8 Å².